The molecule has 1 heterocycles. The van der Waals surface area contributed by atoms with Crippen LogP contribution in [0.3, 0.4) is 0 Å². The van der Waals surface area contributed by atoms with Crippen molar-refractivity contribution in [2.45, 2.75) is 12.0 Å². The van der Waals surface area contributed by atoms with Gasteiger partial charge >= 0.3 is 0 Å². The first-order valence-corrected chi connectivity index (χ1v) is 18.7. The molecule has 0 fully saturated rings. The van der Waals surface area contributed by atoms with Gasteiger partial charge in [0.2, 0.25) is 0 Å². The predicted octanol–water partition coefficient (Wildman–Crippen LogP) is 13.8. The minimum Gasteiger partial charge on any atom is -0.485 e. The van der Waals surface area contributed by atoms with Gasteiger partial charge in [-0.2, -0.15) is 0 Å². The van der Waals surface area contributed by atoms with Crippen LogP contribution < -0.4 is 9.64 Å². The number of hydrogen-bond acceptors (Lipinski definition) is 2. The molecular formula is C52H37NO. The molecule has 54 heavy (non-hydrogen) atoms. The Kier molecular flexibility index (Phi) is 8.00. The van der Waals surface area contributed by atoms with Gasteiger partial charge in [-0.3, -0.25) is 0 Å². The van der Waals surface area contributed by atoms with Crippen LogP contribution in [0.15, 0.2) is 212 Å². The van der Waals surface area contributed by atoms with Gasteiger partial charge in [0.15, 0.2) is 0 Å². The molecule has 2 heteroatoms. The second-order valence-electron chi connectivity index (χ2n) is 14.1. The third kappa shape index (κ3) is 5.88. The Morgan fingerprint density at radius 3 is 1.70 bits per heavy atom. The lowest BCUT2D eigenvalue weighted by Gasteiger charge is -2.27. The summed E-state index contributed by atoms with van der Waals surface area (Å²) in [7, 11) is 0. The van der Waals surface area contributed by atoms with E-state index in [2.05, 4.69) is 211 Å². The number of anilines is 3. The molecule has 0 radical (unpaired) electrons. The molecule has 0 N–H and O–H groups in total. The van der Waals surface area contributed by atoms with Crippen molar-refractivity contribution in [3.8, 4) is 39.1 Å². The summed E-state index contributed by atoms with van der Waals surface area (Å²) in [6, 6.07) is 69.8. The van der Waals surface area contributed by atoms with Gasteiger partial charge in [0.25, 0.3) is 0 Å². The topological polar surface area (TPSA) is 12.5 Å². The van der Waals surface area contributed by atoms with E-state index in [0.717, 1.165) is 22.8 Å². The molecule has 1 aliphatic heterocycles. The highest BCUT2D eigenvalue weighted by molar-refractivity contribution is 5.99. The first-order chi connectivity index (χ1) is 26.7. The van der Waals surface area contributed by atoms with Crippen molar-refractivity contribution in [1.82, 2.24) is 0 Å². The highest BCUT2D eigenvalue weighted by Crippen LogP contribution is 2.44. The summed E-state index contributed by atoms with van der Waals surface area (Å²) in [4.78, 5) is 2.37. The van der Waals surface area contributed by atoms with Crippen LogP contribution >= 0.6 is 0 Å². The zero-order valence-electron chi connectivity index (χ0n) is 29.7. The molecule has 0 amide bonds. The average molecular weight is 692 g/mol. The Bertz CT molecular complexity index is 2670. The molecule has 0 spiro atoms. The molecule has 2 nitrogen and oxygen atoms in total. The largest absolute Gasteiger partial charge is 0.485 e. The quantitative estimate of drug-likeness (QED) is 0.165. The Balaban J connectivity index is 0.959. The molecule has 2 atom stereocenters. The number of fused-ring (bicyclic) bond motifs is 4. The summed E-state index contributed by atoms with van der Waals surface area (Å²) in [5, 5.41) is 2.43. The van der Waals surface area contributed by atoms with E-state index < -0.39 is 0 Å². The van der Waals surface area contributed by atoms with Gasteiger partial charge < -0.3 is 9.64 Å². The lowest BCUT2D eigenvalue weighted by Crippen LogP contribution is -2.16. The molecule has 1 aliphatic carbocycles. The summed E-state index contributed by atoms with van der Waals surface area (Å²) < 4.78 is 6.18. The van der Waals surface area contributed by atoms with Gasteiger partial charge in [-0.1, -0.05) is 164 Å². The van der Waals surface area contributed by atoms with Gasteiger partial charge in [-0.05, 0) is 98.4 Å². The van der Waals surface area contributed by atoms with Crippen molar-refractivity contribution in [2.24, 2.45) is 0 Å². The monoisotopic (exact) mass is 691 g/mol. The molecule has 0 saturated heterocycles. The highest BCUT2D eigenvalue weighted by Gasteiger charge is 2.33. The summed E-state index contributed by atoms with van der Waals surface area (Å²) in [5.74, 6) is 1.24. The van der Waals surface area contributed by atoms with Crippen molar-refractivity contribution < 1.29 is 4.74 Å². The van der Waals surface area contributed by atoms with E-state index in [1.807, 2.05) is 6.07 Å². The third-order valence-electron chi connectivity index (χ3n) is 10.8. The zero-order chi connectivity index (χ0) is 35.8. The molecule has 256 valence electrons. The second kappa shape index (κ2) is 13.6. The summed E-state index contributed by atoms with van der Waals surface area (Å²) in [6.45, 7) is 0. The highest BCUT2D eigenvalue weighted by atomic mass is 16.5. The van der Waals surface area contributed by atoms with Crippen molar-refractivity contribution in [3.63, 3.8) is 0 Å². The number of ether oxygens (including phenoxy) is 1. The fourth-order valence-corrected chi connectivity index (χ4v) is 8.04. The maximum Gasteiger partial charge on any atom is 0.128 e. The van der Waals surface area contributed by atoms with Gasteiger partial charge in [-0.25, -0.2) is 0 Å². The fourth-order valence-electron chi connectivity index (χ4n) is 8.04. The van der Waals surface area contributed by atoms with Crippen LogP contribution in [0.5, 0.6) is 5.75 Å². The lowest BCUT2D eigenvalue weighted by molar-refractivity contribution is 0.269. The number of para-hydroxylation sites is 1. The fraction of sp³-hybridized carbons (Fsp3) is 0.0385. The van der Waals surface area contributed by atoms with Crippen LogP contribution in [-0.2, 0) is 0 Å². The first-order valence-electron chi connectivity index (χ1n) is 18.7. The van der Waals surface area contributed by atoms with E-state index in [0.29, 0.717) is 0 Å². The van der Waals surface area contributed by atoms with Gasteiger partial charge in [-0.15, -0.1) is 0 Å². The first kappa shape index (κ1) is 31.8. The van der Waals surface area contributed by atoms with Crippen LogP contribution in [0.25, 0.3) is 49.7 Å². The van der Waals surface area contributed by atoms with Crippen LogP contribution in [-0.4, -0.2) is 6.10 Å². The molecule has 0 aromatic heterocycles. The number of allylic oxidation sites excluding steroid dienone is 2. The number of benzene rings is 8. The van der Waals surface area contributed by atoms with Crippen molar-refractivity contribution >= 4 is 33.4 Å². The van der Waals surface area contributed by atoms with Crippen molar-refractivity contribution in [1.29, 1.82) is 0 Å². The molecule has 8 aromatic rings. The minimum atomic E-state index is 0.0762. The van der Waals surface area contributed by atoms with Gasteiger partial charge in [0, 0.05) is 28.2 Å². The van der Waals surface area contributed by atoms with E-state index in [4.69, 9.17) is 4.74 Å². The third-order valence-corrected chi connectivity index (χ3v) is 10.8. The van der Waals surface area contributed by atoms with E-state index in [9.17, 15) is 0 Å². The predicted molar refractivity (Wildman–Crippen MR) is 226 cm³/mol. The number of hydrogen-bond donors (Lipinski definition) is 0. The SMILES string of the molecule is C1=CC2Oc3ccccc3C2C=C1c1ccc(-c2ccc(N(c3ccc(-c4cccc(-c5ccccc5)c4)cc3)c3cccc4ccccc34)cc2)cc1. The molecular weight excluding hydrogens is 655 g/mol. The van der Waals surface area contributed by atoms with Gasteiger partial charge in [0.05, 0.1) is 5.69 Å². The molecule has 0 bridgehead atoms. The second-order valence-corrected chi connectivity index (χ2v) is 14.1. The summed E-state index contributed by atoms with van der Waals surface area (Å²) in [6.07, 6.45) is 6.84. The Morgan fingerprint density at radius 1 is 0.426 bits per heavy atom. The molecule has 2 aliphatic rings. The van der Waals surface area contributed by atoms with E-state index in [1.54, 1.807) is 0 Å². The smallest absolute Gasteiger partial charge is 0.128 e. The zero-order valence-corrected chi connectivity index (χ0v) is 29.7. The van der Waals surface area contributed by atoms with Crippen LogP contribution in [0, 0.1) is 0 Å². The van der Waals surface area contributed by atoms with Gasteiger partial charge in [0.1, 0.15) is 11.9 Å². The maximum absolute atomic E-state index is 6.18. The Hall–Kier alpha value is -6.90. The van der Waals surface area contributed by atoms with Crippen molar-refractivity contribution in [3.05, 3.63) is 223 Å². The average Bonchev–Trinajstić information content (AvgIpc) is 3.63. The van der Waals surface area contributed by atoms with Crippen LogP contribution in [0.2, 0.25) is 0 Å². The summed E-state index contributed by atoms with van der Waals surface area (Å²) in [5.41, 5.74) is 14.3. The van der Waals surface area contributed by atoms with Crippen LogP contribution in [0.4, 0.5) is 17.1 Å². The summed E-state index contributed by atoms with van der Waals surface area (Å²) >= 11 is 0. The lowest BCUT2D eigenvalue weighted by atomic mass is 9.87. The minimum absolute atomic E-state index is 0.0762. The maximum atomic E-state index is 6.18. The molecule has 2 unspecified atom stereocenters. The number of nitrogens with zero attached hydrogens (tertiary/aromatic N) is 1. The molecule has 8 aromatic carbocycles. The van der Waals surface area contributed by atoms with E-state index >= 15 is 0 Å². The molecule has 0 saturated carbocycles. The Labute approximate surface area is 316 Å². The Morgan fingerprint density at radius 2 is 0.963 bits per heavy atom. The van der Waals surface area contributed by atoms with Crippen molar-refractivity contribution in [2.75, 3.05) is 4.90 Å². The number of rotatable bonds is 7. The van der Waals surface area contributed by atoms with Crippen LogP contribution in [0.1, 0.15) is 17.0 Å². The van der Waals surface area contributed by atoms with E-state index in [-0.39, 0.29) is 12.0 Å². The molecule has 10 rings (SSSR count). The normalized spacial score (nSPS) is 15.6. The van der Waals surface area contributed by atoms with E-state index in [1.165, 1.54) is 60.9 Å². The standard InChI is InChI=1S/C52H37NO/c1-2-10-36(11-3-1)42-14-8-15-43(34-42)40-26-31-46(32-27-40)53(50-18-9-13-41-12-4-5-16-47(41)50)45-29-24-38(25-30-45)37-20-22-39(23-21-37)44-28-33-52-49(35-44)48-17-6-7-19-51(48)54-52/h1-35,49,52H.